The molecule has 1 unspecified atom stereocenters. The van der Waals surface area contributed by atoms with Crippen LogP contribution in [-0.4, -0.2) is 29.8 Å². The Labute approximate surface area is 121 Å². The maximum atomic E-state index is 12.2. The second-order valence-corrected chi connectivity index (χ2v) is 5.72. The van der Waals surface area contributed by atoms with E-state index in [1.165, 1.54) is 0 Å². The number of rotatable bonds is 2. The molecule has 1 heterocycles. The Balaban J connectivity index is 1.98. The summed E-state index contributed by atoms with van der Waals surface area (Å²) >= 11 is 3.37. The Bertz CT molecular complexity index is 490. The average molecular weight is 325 g/mol. The van der Waals surface area contributed by atoms with Crippen molar-refractivity contribution in [3.05, 3.63) is 28.7 Å². The van der Waals surface area contributed by atoms with Crippen LogP contribution in [0.3, 0.4) is 0 Å². The van der Waals surface area contributed by atoms with Crippen molar-refractivity contribution in [3.8, 4) is 0 Å². The molecule has 1 N–H and O–H groups in total. The van der Waals surface area contributed by atoms with Crippen LogP contribution in [0.5, 0.6) is 0 Å². The van der Waals surface area contributed by atoms with Gasteiger partial charge in [-0.05, 0) is 31.0 Å². The Kier molecular flexibility index (Phi) is 4.58. The summed E-state index contributed by atoms with van der Waals surface area (Å²) in [6.07, 6.45) is 1.72. The van der Waals surface area contributed by atoms with Crippen molar-refractivity contribution < 1.29 is 9.59 Å². The summed E-state index contributed by atoms with van der Waals surface area (Å²) in [7, 11) is 0. The summed E-state index contributed by atoms with van der Waals surface area (Å²) in [5.41, 5.74) is 0.777. The average Bonchev–Trinajstić information content (AvgIpc) is 2.39. The fraction of sp³-hybridized carbons (Fsp3) is 0.429. The number of benzene rings is 1. The summed E-state index contributed by atoms with van der Waals surface area (Å²) in [6, 6.07) is 7.51. The van der Waals surface area contributed by atoms with Gasteiger partial charge in [-0.25, -0.2) is 0 Å². The van der Waals surface area contributed by atoms with Crippen LogP contribution in [0.25, 0.3) is 0 Å². The van der Waals surface area contributed by atoms with E-state index in [0.717, 1.165) is 29.5 Å². The summed E-state index contributed by atoms with van der Waals surface area (Å²) in [5, 5.41) is 2.91. The standard InChI is InChI=1S/C14H17BrN2O2/c1-10(18)17-7-3-4-11(9-17)14(19)16-13-6-2-5-12(15)8-13/h2,5-6,8,11H,3-4,7,9H2,1H3,(H,16,19). The van der Waals surface area contributed by atoms with Gasteiger partial charge in [-0.15, -0.1) is 0 Å². The second kappa shape index (κ2) is 6.19. The largest absolute Gasteiger partial charge is 0.342 e. The molecule has 1 fully saturated rings. The highest BCUT2D eigenvalue weighted by atomic mass is 79.9. The lowest BCUT2D eigenvalue weighted by molar-refractivity contribution is -0.132. The minimum absolute atomic E-state index is 0.0101. The monoisotopic (exact) mass is 324 g/mol. The maximum absolute atomic E-state index is 12.2. The molecule has 0 aliphatic carbocycles. The number of halogens is 1. The lowest BCUT2D eigenvalue weighted by Gasteiger charge is -2.31. The first kappa shape index (κ1) is 14.1. The number of carbonyl (C=O) groups excluding carboxylic acids is 2. The Morgan fingerprint density at radius 3 is 2.89 bits per heavy atom. The van der Waals surface area contributed by atoms with E-state index in [0.29, 0.717) is 6.54 Å². The summed E-state index contributed by atoms with van der Waals surface area (Å²) in [4.78, 5) is 25.3. The van der Waals surface area contributed by atoms with Crippen molar-refractivity contribution in [2.45, 2.75) is 19.8 Å². The normalized spacial score (nSPS) is 19.1. The van der Waals surface area contributed by atoms with Crippen LogP contribution >= 0.6 is 15.9 Å². The third-order valence-electron chi connectivity index (χ3n) is 3.33. The predicted octanol–water partition coefficient (Wildman–Crippen LogP) is 2.65. The molecule has 1 aliphatic rings. The van der Waals surface area contributed by atoms with Crippen LogP contribution in [0.1, 0.15) is 19.8 Å². The Morgan fingerprint density at radius 2 is 2.21 bits per heavy atom. The fourth-order valence-electron chi connectivity index (χ4n) is 2.29. The first-order valence-corrected chi connectivity index (χ1v) is 7.17. The third-order valence-corrected chi connectivity index (χ3v) is 3.82. The van der Waals surface area contributed by atoms with E-state index in [1.807, 2.05) is 24.3 Å². The summed E-state index contributed by atoms with van der Waals surface area (Å²) in [5.74, 6) is -0.0827. The van der Waals surface area contributed by atoms with Gasteiger partial charge in [-0.3, -0.25) is 9.59 Å². The van der Waals surface area contributed by atoms with Crippen molar-refractivity contribution in [1.29, 1.82) is 0 Å². The van der Waals surface area contributed by atoms with Crippen LogP contribution in [-0.2, 0) is 9.59 Å². The van der Waals surface area contributed by atoms with Gasteiger partial charge in [-0.1, -0.05) is 22.0 Å². The molecule has 2 rings (SSSR count). The number of amides is 2. The van der Waals surface area contributed by atoms with Gasteiger partial charge in [0.05, 0.1) is 5.92 Å². The molecule has 1 saturated heterocycles. The summed E-state index contributed by atoms with van der Waals surface area (Å²) in [6.45, 7) is 2.83. The van der Waals surface area contributed by atoms with E-state index < -0.39 is 0 Å². The molecule has 0 radical (unpaired) electrons. The van der Waals surface area contributed by atoms with Gasteiger partial charge in [0.15, 0.2) is 0 Å². The molecule has 0 saturated carbocycles. The van der Waals surface area contributed by atoms with Crippen LogP contribution in [0.2, 0.25) is 0 Å². The maximum Gasteiger partial charge on any atom is 0.229 e. The molecule has 102 valence electrons. The fourth-order valence-corrected chi connectivity index (χ4v) is 2.69. The van der Waals surface area contributed by atoms with E-state index in [1.54, 1.807) is 11.8 Å². The van der Waals surface area contributed by atoms with Gasteiger partial charge in [-0.2, -0.15) is 0 Å². The van der Waals surface area contributed by atoms with Crippen LogP contribution in [0.4, 0.5) is 5.69 Å². The van der Waals surface area contributed by atoms with Crippen molar-refractivity contribution in [2.75, 3.05) is 18.4 Å². The minimum atomic E-state index is -0.114. The number of anilines is 1. The quantitative estimate of drug-likeness (QED) is 0.909. The highest BCUT2D eigenvalue weighted by molar-refractivity contribution is 9.10. The molecule has 1 atom stereocenters. The lowest BCUT2D eigenvalue weighted by Crippen LogP contribution is -2.42. The Hall–Kier alpha value is -1.36. The van der Waals surface area contributed by atoms with Gasteiger partial charge in [0.2, 0.25) is 11.8 Å². The number of hydrogen-bond donors (Lipinski definition) is 1. The zero-order valence-corrected chi connectivity index (χ0v) is 12.4. The number of piperidine rings is 1. The van der Waals surface area contributed by atoms with E-state index in [2.05, 4.69) is 21.2 Å². The molecule has 1 aromatic carbocycles. The molecule has 2 amide bonds. The van der Waals surface area contributed by atoms with Crippen LogP contribution in [0.15, 0.2) is 28.7 Å². The summed E-state index contributed by atoms with van der Waals surface area (Å²) < 4.78 is 0.930. The number of nitrogens with one attached hydrogen (secondary N) is 1. The lowest BCUT2D eigenvalue weighted by atomic mass is 9.97. The molecule has 19 heavy (non-hydrogen) atoms. The van der Waals surface area contributed by atoms with Crippen molar-refractivity contribution in [3.63, 3.8) is 0 Å². The van der Waals surface area contributed by atoms with Gasteiger partial charge in [0.1, 0.15) is 0 Å². The molecule has 4 nitrogen and oxygen atoms in total. The topological polar surface area (TPSA) is 49.4 Å². The molecule has 1 aliphatic heterocycles. The molecule has 5 heteroatoms. The van der Waals surface area contributed by atoms with Gasteiger partial charge in [0.25, 0.3) is 0 Å². The molecule has 0 bridgehead atoms. The number of nitrogens with zero attached hydrogens (tertiary/aromatic N) is 1. The van der Waals surface area contributed by atoms with E-state index >= 15 is 0 Å². The SMILES string of the molecule is CC(=O)N1CCCC(C(=O)Nc2cccc(Br)c2)C1. The number of likely N-dealkylation sites (tertiary alicyclic amines) is 1. The van der Waals surface area contributed by atoms with Crippen LogP contribution in [0, 0.1) is 5.92 Å². The first-order chi connectivity index (χ1) is 9.06. The second-order valence-electron chi connectivity index (χ2n) is 4.80. The first-order valence-electron chi connectivity index (χ1n) is 6.38. The van der Waals surface area contributed by atoms with Crippen LogP contribution < -0.4 is 5.32 Å². The van der Waals surface area contributed by atoms with E-state index in [-0.39, 0.29) is 17.7 Å². The molecule has 0 aromatic heterocycles. The van der Waals surface area contributed by atoms with Crippen molar-refractivity contribution in [1.82, 2.24) is 4.90 Å². The Morgan fingerprint density at radius 1 is 1.42 bits per heavy atom. The van der Waals surface area contributed by atoms with E-state index in [9.17, 15) is 9.59 Å². The molecular formula is C14H17BrN2O2. The smallest absolute Gasteiger partial charge is 0.229 e. The molecule has 1 aromatic rings. The zero-order valence-electron chi connectivity index (χ0n) is 10.9. The predicted molar refractivity (Wildman–Crippen MR) is 77.7 cm³/mol. The van der Waals surface area contributed by atoms with Gasteiger partial charge in [0, 0.05) is 30.2 Å². The van der Waals surface area contributed by atoms with Crippen molar-refractivity contribution in [2.24, 2.45) is 5.92 Å². The minimum Gasteiger partial charge on any atom is -0.342 e. The third kappa shape index (κ3) is 3.80. The number of hydrogen-bond acceptors (Lipinski definition) is 2. The zero-order chi connectivity index (χ0) is 13.8. The highest BCUT2D eigenvalue weighted by Crippen LogP contribution is 2.20. The van der Waals surface area contributed by atoms with Gasteiger partial charge < -0.3 is 10.2 Å². The van der Waals surface area contributed by atoms with Crippen molar-refractivity contribution >= 4 is 33.4 Å². The van der Waals surface area contributed by atoms with Gasteiger partial charge >= 0.3 is 0 Å². The highest BCUT2D eigenvalue weighted by Gasteiger charge is 2.26. The molecular weight excluding hydrogens is 308 g/mol. The van der Waals surface area contributed by atoms with E-state index in [4.69, 9.17) is 0 Å². The molecule has 0 spiro atoms. The number of carbonyl (C=O) groups is 2.